The molecule has 20 heavy (non-hydrogen) atoms. The van der Waals surface area contributed by atoms with Gasteiger partial charge in [0.2, 0.25) is 0 Å². The molecule has 0 radical (unpaired) electrons. The lowest BCUT2D eigenvalue weighted by molar-refractivity contribution is 0.102. The Bertz CT molecular complexity index is 685. The maximum atomic E-state index is 12.2. The van der Waals surface area contributed by atoms with Gasteiger partial charge in [-0.2, -0.15) is 0 Å². The van der Waals surface area contributed by atoms with Gasteiger partial charge in [-0.1, -0.05) is 46.4 Å². The second-order valence-corrected chi connectivity index (χ2v) is 5.80. The number of hydrogen-bond acceptors (Lipinski definition) is 1. The first kappa shape index (κ1) is 15.5. The van der Waals surface area contributed by atoms with Crippen LogP contribution in [0.25, 0.3) is 0 Å². The van der Waals surface area contributed by atoms with Crippen molar-refractivity contribution in [3.05, 3.63) is 61.5 Å². The van der Waals surface area contributed by atoms with Crippen LogP contribution in [0, 0.1) is 6.92 Å². The first-order chi connectivity index (χ1) is 9.38. The van der Waals surface area contributed by atoms with Crippen LogP contribution in [-0.2, 0) is 0 Å². The van der Waals surface area contributed by atoms with E-state index in [4.69, 9.17) is 46.4 Å². The van der Waals surface area contributed by atoms with Crippen LogP contribution in [0.5, 0.6) is 0 Å². The van der Waals surface area contributed by atoms with Crippen molar-refractivity contribution in [2.75, 3.05) is 5.32 Å². The van der Waals surface area contributed by atoms with Crippen LogP contribution in [0.4, 0.5) is 5.69 Å². The lowest BCUT2D eigenvalue weighted by atomic mass is 10.2. The van der Waals surface area contributed by atoms with E-state index in [1.165, 1.54) is 12.1 Å². The molecule has 0 aromatic heterocycles. The molecule has 2 rings (SSSR count). The smallest absolute Gasteiger partial charge is 0.257 e. The van der Waals surface area contributed by atoms with E-state index in [0.29, 0.717) is 15.7 Å². The molecule has 1 N–H and O–H groups in total. The van der Waals surface area contributed by atoms with Gasteiger partial charge >= 0.3 is 0 Å². The van der Waals surface area contributed by atoms with Crippen LogP contribution in [0.15, 0.2) is 30.3 Å². The Morgan fingerprint density at radius 1 is 1.00 bits per heavy atom. The lowest BCUT2D eigenvalue weighted by Gasteiger charge is -2.09. The Balaban J connectivity index is 2.30. The van der Waals surface area contributed by atoms with E-state index < -0.39 is 0 Å². The zero-order chi connectivity index (χ0) is 14.9. The summed E-state index contributed by atoms with van der Waals surface area (Å²) in [7, 11) is 0. The number of rotatable bonds is 2. The van der Waals surface area contributed by atoms with E-state index in [-0.39, 0.29) is 21.5 Å². The molecule has 2 nitrogen and oxygen atoms in total. The summed E-state index contributed by atoms with van der Waals surface area (Å²) < 4.78 is 0. The molecule has 0 heterocycles. The Hall–Kier alpha value is -0.930. The van der Waals surface area contributed by atoms with Gasteiger partial charge in [0, 0.05) is 15.7 Å². The molecule has 0 atom stereocenters. The molecule has 2 aromatic rings. The largest absolute Gasteiger partial charge is 0.322 e. The number of hydrogen-bond donors (Lipinski definition) is 1. The lowest BCUT2D eigenvalue weighted by Crippen LogP contribution is -2.12. The Morgan fingerprint density at radius 2 is 1.70 bits per heavy atom. The van der Waals surface area contributed by atoms with Crippen LogP contribution < -0.4 is 5.32 Å². The fourth-order valence-electron chi connectivity index (χ4n) is 1.64. The van der Waals surface area contributed by atoms with Gasteiger partial charge in [0.05, 0.1) is 15.6 Å². The van der Waals surface area contributed by atoms with Crippen molar-refractivity contribution in [3.63, 3.8) is 0 Å². The minimum atomic E-state index is -0.388. The molecule has 0 saturated heterocycles. The maximum Gasteiger partial charge on any atom is 0.257 e. The van der Waals surface area contributed by atoms with Crippen LogP contribution >= 0.6 is 46.4 Å². The quantitative estimate of drug-likeness (QED) is 0.676. The summed E-state index contributed by atoms with van der Waals surface area (Å²) in [6.45, 7) is 1.85. The zero-order valence-corrected chi connectivity index (χ0v) is 13.3. The summed E-state index contributed by atoms with van der Waals surface area (Å²) in [5.74, 6) is -0.388. The van der Waals surface area contributed by atoms with Gasteiger partial charge < -0.3 is 5.32 Å². The highest BCUT2D eigenvalue weighted by molar-refractivity contribution is 6.45. The molecule has 6 heteroatoms. The van der Waals surface area contributed by atoms with Crippen molar-refractivity contribution in [1.29, 1.82) is 0 Å². The van der Waals surface area contributed by atoms with Gasteiger partial charge in [-0.25, -0.2) is 0 Å². The van der Waals surface area contributed by atoms with Gasteiger partial charge in [-0.3, -0.25) is 4.79 Å². The van der Waals surface area contributed by atoms with Crippen molar-refractivity contribution in [2.24, 2.45) is 0 Å². The SMILES string of the molecule is Cc1cc(NC(=O)c2cc(Cl)cc(Cl)c2Cl)ccc1Cl. The molecule has 0 bridgehead atoms. The number of carbonyl (C=O) groups excluding carboxylic acids is 1. The number of carbonyl (C=O) groups is 1. The average molecular weight is 349 g/mol. The Morgan fingerprint density at radius 3 is 2.35 bits per heavy atom. The number of halogens is 4. The summed E-state index contributed by atoms with van der Waals surface area (Å²) in [4.78, 5) is 12.2. The van der Waals surface area contributed by atoms with Gasteiger partial charge in [-0.15, -0.1) is 0 Å². The van der Waals surface area contributed by atoms with E-state index >= 15 is 0 Å². The van der Waals surface area contributed by atoms with Crippen molar-refractivity contribution in [1.82, 2.24) is 0 Å². The van der Waals surface area contributed by atoms with Crippen molar-refractivity contribution >= 4 is 58.0 Å². The first-order valence-corrected chi connectivity index (χ1v) is 7.11. The summed E-state index contributed by atoms with van der Waals surface area (Å²) >= 11 is 23.7. The molecule has 0 spiro atoms. The van der Waals surface area contributed by atoms with E-state index in [1.807, 2.05) is 6.92 Å². The average Bonchev–Trinajstić information content (AvgIpc) is 2.38. The van der Waals surface area contributed by atoms with Crippen molar-refractivity contribution < 1.29 is 4.79 Å². The molecule has 0 aliphatic heterocycles. The van der Waals surface area contributed by atoms with E-state index in [2.05, 4.69) is 5.32 Å². The second kappa shape index (κ2) is 6.23. The minimum Gasteiger partial charge on any atom is -0.322 e. The highest BCUT2D eigenvalue weighted by atomic mass is 35.5. The summed E-state index contributed by atoms with van der Waals surface area (Å²) in [6.07, 6.45) is 0. The predicted octanol–water partition coefficient (Wildman–Crippen LogP) is 5.86. The number of benzene rings is 2. The fourth-order valence-corrected chi connectivity index (χ4v) is 2.45. The normalized spacial score (nSPS) is 10.4. The monoisotopic (exact) mass is 347 g/mol. The Kier molecular flexibility index (Phi) is 4.82. The summed E-state index contributed by atoms with van der Waals surface area (Å²) in [5, 5.41) is 4.10. The van der Waals surface area contributed by atoms with Gasteiger partial charge in [-0.05, 0) is 42.8 Å². The molecule has 1 amide bonds. The number of anilines is 1. The van der Waals surface area contributed by atoms with Crippen molar-refractivity contribution in [2.45, 2.75) is 6.92 Å². The molecule has 0 saturated carbocycles. The maximum absolute atomic E-state index is 12.2. The highest BCUT2D eigenvalue weighted by Gasteiger charge is 2.15. The zero-order valence-electron chi connectivity index (χ0n) is 10.3. The fraction of sp³-hybridized carbons (Fsp3) is 0.0714. The van der Waals surface area contributed by atoms with Crippen LogP contribution in [0.1, 0.15) is 15.9 Å². The second-order valence-electron chi connectivity index (χ2n) is 4.17. The number of nitrogens with one attached hydrogen (secondary N) is 1. The molecule has 0 fully saturated rings. The number of amides is 1. The molecular weight excluding hydrogens is 340 g/mol. The van der Waals surface area contributed by atoms with E-state index in [0.717, 1.165) is 5.56 Å². The minimum absolute atomic E-state index is 0.166. The molecule has 104 valence electrons. The van der Waals surface area contributed by atoms with Crippen LogP contribution in [-0.4, -0.2) is 5.91 Å². The summed E-state index contributed by atoms with van der Waals surface area (Å²) in [5.41, 5.74) is 1.69. The first-order valence-electron chi connectivity index (χ1n) is 5.60. The highest BCUT2D eigenvalue weighted by Crippen LogP contribution is 2.30. The Labute approximate surface area is 136 Å². The van der Waals surface area contributed by atoms with E-state index in [9.17, 15) is 4.79 Å². The predicted molar refractivity (Wildman–Crippen MR) is 85.6 cm³/mol. The third kappa shape index (κ3) is 3.39. The third-order valence-electron chi connectivity index (χ3n) is 2.65. The van der Waals surface area contributed by atoms with Gasteiger partial charge in [0.25, 0.3) is 5.91 Å². The van der Waals surface area contributed by atoms with Gasteiger partial charge in [0.1, 0.15) is 0 Å². The molecular formula is C14H9Cl4NO. The third-order valence-corrected chi connectivity index (χ3v) is 4.10. The molecule has 0 aliphatic carbocycles. The topological polar surface area (TPSA) is 29.1 Å². The standard InChI is InChI=1S/C14H9Cl4NO/c1-7-4-9(2-3-11(7)16)19-14(20)10-5-8(15)6-12(17)13(10)18/h2-6H,1H3,(H,19,20). The summed E-state index contributed by atoms with van der Waals surface area (Å²) in [6, 6.07) is 8.12. The van der Waals surface area contributed by atoms with Crippen LogP contribution in [0.3, 0.4) is 0 Å². The van der Waals surface area contributed by atoms with Crippen molar-refractivity contribution in [3.8, 4) is 0 Å². The molecule has 2 aromatic carbocycles. The number of aryl methyl sites for hydroxylation is 1. The molecule has 0 aliphatic rings. The van der Waals surface area contributed by atoms with E-state index in [1.54, 1.807) is 18.2 Å². The van der Waals surface area contributed by atoms with Gasteiger partial charge in [0.15, 0.2) is 0 Å². The van der Waals surface area contributed by atoms with Crippen LogP contribution in [0.2, 0.25) is 20.1 Å². The molecule has 0 unspecified atom stereocenters.